The van der Waals surface area contributed by atoms with Crippen LogP contribution in [0.1, 0.15) is 16.1 Å². The standard InChI is InChI=1S/C13H11N5O4S/c1-6-3-4-7-8(5-6)23-13(14-7)15-11(19)9-10(18(20)21)12(22-2)17-16-9/h3-5H,1-2H3,(H,16,17)(H,14,15,19). The molecule has 9 nitrogen and oxygen atoms in total. The zero-order valence-electron chi connectivity index (χ0n) is 12.1. The summed E-state index contributed by atoms with van der Waals surface area (Å²) >= 11 is 1.28. The molecule has 2 heterocycles. The Kier molecular flexibility index (Phi) is 3.66. The first kappa shape index (κ1) is 14.9. The van der Waals surface area contributed by atoms with E-state index in [2.05, 4.69) is 20.5 Å². The minimum absolute atomic E-state index is 0.250. The Labute approximate surface area is 133 Å². The monoisotopic (exact) mass is 333 g/mol. The van der Waals surface area contributed by atoms with Crippen LogP contribution < -0.4 is 10.1 Å². The Balaban J connectivity index is 1.91. The van der Waals surface area contributed by atoms with Crippen LogP contribution in [-0.4, -0.2) is 33.1 Å². The molecule has 2 aromatic heterocycles. The van der Waals surface area contributed by atoms with Crippen LogP contribution in [0.3, 0.4) is 0 Å². The highest BCUT2D eigenvalue weighted by Gasteiger charge is 2.30. The lowest BCUT2D eigenvalue weighted by Crippen LogP contribution is -2.14. The summed E-state index contributed by atoms with van der Waals surface area (Å²) in [5.41, 5.74) is 1.02. The number of rotatable bonds is 4. The number of thiazole rings is 1. The maximum atomic E-state index is 12.2. The Morgan fingerprint density at radius 2 is 2.26 bits per heavy atom. The topological polar surface area (TPSA) is 123 Å². The number of nitro groups is 1. The number of methoxy groups -OCH3 is 1. The van der Waals surface area contributed by atoms with E-state index in [0.29, 0.717) is 5.13 Å². The average molecular weight is 333 g/mol. The number of aromatic nitrogens is 3. The molecule has 0 spiro atoms. The number of hydrogen-bond acceptors (Lipinski definition) is 7. The summed E-state index contributed by atoms with van der Waals surface area (Å²) in [5, 5.41) is 19.9. The van der Waals surface area contributed by atoms with E-state index in [9.17, 15) is 14.9 Å². The molecule has 0 radical (unpaired) electrons. The summed E-state index contributed by atoms with van der Waals surface area (Å²) < 4.78 is 5.69. The van der Waals surface area contributed by atoms with Gasteiger partial charge in [0.15, 0.2) is 5.13 Å². The smallest absolute Gasteiger partial charge is 0.362 e. The lowest BCUT2D eigenvalue weighted by Gasteiger charge is -1.98. The van der Waals surface area contributed by atoms with Gasteiger partial charge in [0.1, 0.15) is 0 Å². The van der Waals surface area contributed by atoms with Crippen molar-refractivity contribution in [3.05, 3.63) is 39.6 Å². The molecule has 1 amide bonds. The first-order valence-electron chi connectivity index (χ1n) is 6.45. The van der Waals surface area contributed by atoms with E-state index in [4.69, 9.17) is 4.74 Å². The van der Waals surface area contributed by atoms with Crippen LogP contribution in [0.15, 0.2) is 18.2 Å². The molecule has 2 N–H and O–H groups in total. The van der Waals surface area contributed by atoms with Crippen molar-refractivity contribution in [2.24, 2.45) is 0 Å². The Morgan fingerprint density at radius 1 is 1.48 bits per heavy atom. The summed E-state index contributed by atoms with van der Waals surface area (Å²) in [6.07, 6.45) is 0. The van der Waals surface area contributed by atoms with Crippen molar-refractivity contribution in [2.75, 3.05) is 12.4 Å². The summed E-state index contributed by atoms with van der Waals surface area (Å²) in [6, 6.07) is 5.71. The largest absolute Gasteiger partial charge is 0.475 e. The van der Waals surface area contributed by atoms with Gasteiger partial charge in [-0.05, 0) is 24.6 Å². The molecular formula is C13H11N5O4S. The third-order valence-corrected chi connectivity index (χ3v) is 4.01. The van der Waals surface area contributed by atoms with Crippen LogP contribution in [0, 0.1) is 17.0 Å². The van der Waals surface area contributed by atoms with Crippen LogP contribution in [0.2, 0.25) is 0 Å². The molecule has 1 aromatic carbocycles. The second-order valence-corrected chi connectivity index (χ2v) is 5.69. The van der Waals surface area contributed by atoms with E-state index in [0.717, 1.165) is 15.8 Å². The normalized spacial score (nSPS) is 10.7. The maximum absolute atomic E-state index is 12.2. The van der Waals surface area contributed by atoms with Crippen molar-refractivity contribution in [3.8, 4) is 5.88 Å². The molecule has 10 heteroatoms. The fraction of sp³-hybridized carbons (Fsp3) is 0.154. The van der Waals surface area contributed by atoms with E-state index in [1.165, 1.54) is 18.4 Å². The molecule has 0 atom stereocenters. The predicted molar refractivity (Wildman–Crippen MR) is 84.1 cm³/mol. The number of anilines is 1. The molecule has 3 rings (SSSR count). The molecule has 0 unspecified atom stereocenters. The lowest BCUT2D eigenvalue weighted by atomic mass is 10.2. The van der Waals surface area contributed by atoms with E-state index < -0.39 is 16.5 Å². The van der Waals surface area contributed by atoms with Crippen molar-refractivity contribution < 1.29 is 14.5 Å². The Hall–Kier alpha value is -3.01. The van der Waals surface area contributed by atoms with Gasteiger partial charge in [-0.2, -0.15) is 0 Å². The van der Waals surface area contributed by atoms with E-state index in [-0.39, 0.29) is 11.6 Å². The molecule has 0 aliphatic carbocycles. The molecule has 0 saturated heterocycles. The number of benzene rings is 1. The zero-order chi connectivity index (χ0) is 16.6. The number of carbonyl (C=O) groups is 1. The summed E-state index contributed by atoms with van der Waals surface area (Å²) in [6.45, 7) is 1.96. The molecule has 23 heavy (non-hydrogen) atoms. The fourth-order valence-corrected chi connectivity index (χ4v) is 2.99. The second-order valence-electron chi connectivity index (χ2n) is 4.66. The number of H-pyrrole nitrogens is 1. The molecule has 0 aliphatic heterocycles. The van der Waals surface area contributed by atoms with Crippen LogP contribution in [0.5, 0.6) is 5.88 Å². The maximum Gasteiger partial charge on any atom is 0.362 e. The Bertz CT molecular complexity index is 916. The van der Waals surface area contributed by atoms with Gasteiger partial charge in [0.05, 0.1) is 22.2 Å². The molecule has 0 saturated carbocycles. The first-order valence-corrected chi connectivity index (χ1v) is 7.26. The number of hydrogen-bond donors (Lipinski definition) is 2. The van der Waals surface area contributed by atoms with Crippen molar-refractivity contribution in [2.45, 2.75) is 6.92 Å². The Morgan fingerprint density at radius 3 is 2.96 bits per heavy atom. The third kappa shape index (κ3) is 2.71. The van der Waals surface area contributed by atoms with Gasteiger partial charge in [0, 0.05) is 0 Å². The molecule has 3 aromatic rings. The lowest BCUT2D eigenvalue weighted by molar-refractivity contribution is -0.386. The highest BCUT2D eigenvalue weighted by molar-refractivity contribution is 7.22. The number of aryl methyl sites for hydroxylation is 1. The first-order chi connectivity index (χ1) is 11.0. The highest BCUT2D eigenvalue weighted by Crippen LogP contribution is 2.30. The second kappa shape index (κ2) is 5.65. The van der Waals surface area contributed by atoms with E-state index in [1.807, 2.05) is 25.1 Å². The summed E-state index contributed by atoms with van der Waals surface area (Å²) in [4.78, 5) is 26.9. The van der Waals surface area contributed by atoms with Crippen LogP contribution in [0.4, 0.5) is 10.8 Å². The number of nitrogens with one attached hydrogen (secondary N) is 2. The van der Waals surface area contributed by atoms with Crippen molar-refractivity contribution in [1.82, 2.24) is 15.2 Å². The van der Waals surface area contributed by atoms with Crippen LogP contribution in [0.25, 0.3) is 10.2 Å². The van der Waals surface area contributed by atoms with Gasteiger partial charge in [-0.25, -0.2) is 4.98 Å². The number of nitrogens with zero attached hydrogens (tertiary/aromatic N) is 3. The zero-order valence-corrected chi connectivity index (χ0v) is 12.9. The third-order valence-electron chi connectivity index (χ3n) is 3.08. The van der Waals surface area contributed by atoms with Gasteiger partial charge in [-0.3, -0.25) is 25.3 Å². The fourth-order valence-electron chi connectivity index (χ4n) is 2.03. The number of amides is 1. The molecule has 0 fully saturated rings. The number of fused-ring (bicyclic) bond motifs is 1. The SMILES string of the molecule is COc1n[nH]c(C(=O)Nc2nc3ccc(C)cc3s2)c1[N+](=O)[O-]. The number of aromatic amines is 1. The van der Waals surface area contributed by atoms with Crippen molar-refractivity contribution in [3.63, 3.8) is 0 Å². The summed E-state index contributed by atoms with van der Waals surface area (Å²) in [7, 11) is 1.24. The quantitative estimate of drug-likeness (QED) is 0.558. The molecule has 0 bridgehead atoms. The minimum atomic E-state index is -0.723. The summed E-state index contributed by atoms with van der Waals surface area (Å²) in [5.74, 6) is -0.955. The van der Waals surface area contributed by atoms with Crippen molar-refractivity contribution in [1.29, 1.82) is 0 Å². The van der Waals surface area contributed by atoms with E-state index >= 15 is 0 Å². The highest BCUT2D eigenvalue weighted by atomic mass is 32.1. The van der Waals surface area contributed by atoms with Crippen LogP contribution in [-0.2, 0) is 0 Å². The number of ether oxygens (including phenoxy) is 1. The van der Waals surface area contributed by atoms with E-state index in [1.54, 1.807) is 0 Å². The molecule has 0 aliphatic rings. The number of carbonyl (C=O) groups excluding carboxylic acids is 1. The van der Waals surface area contributed by atoms with Gasteiger partial charge in [-0.1, -0.05) is 17.4 Å². The van der Waals surface area contributed by atoms with Crippen LogP contribution >= 0.6 is 11.3 Å². The predicted octanol–water partition coefficient (Wildman–Crippen LogP) is 2.50. The average Bonchev–Trinajstić information content (AvgIpc) is 3.09. The minimum Gasteiger partial charge on any atom is -0.475 e. The molecular weight excluding hydrogens is 322 g/mol. The van der Waals surface area contributed by atoms with Gasteiger partial charge in [-0.15, -0.1) is 5.10 Å². The van der Waals surface area contributed by atoms with Gasteiger partial charge >= 0.3 is 11.6 Å². The van der Waals surface area contributed by atoms with Gasteiger partial charge in [0.2, 0.25) is 5.69 Å². The van der Waals surface area contributed by atoms with Gasteiger partial charge in [0.25, 0.3) is 5.91 Å². The molecule has 118 valence electrons. The van der Waals surface area contributed by atoms with Gasteiger partial charge < -0.3 is 4.74 Å². The van der Waals surface area contributed by atoms with Crippen molar-refractivity contribution >= 4 is 38.3 Å².